The van der Waals surface area contributed by atoms with Gasteiger partial charge in [-0.3, -0.25) is 4.79 Å². The lowest BCUT2D eigenvalue weighted by molar-refractivity contribution is -0.145. The van der Waals surface area contributed by atoms with Crippen molar-refractivity contribution in [3.05, 3.63) is 57.1 Å². The summed E-state index contributed by atoms with van der Waals surface area (Å²) in [6.07, 6.45) is 0. The molecule has 0 aliphatic carbocycles. The van der Waals surface area contributed by atoms with Gasteiger partial charge in [0.15, 0.2) is 12.4 Å². The molecule has 2 aromatic rings. The molecule has 0 saturated carbocycles. The quantitative estimate of drug-likeness (QED) is 0.526. The van der Waals surface area contributed by atoms with Gasteiger partial charge in [0.2, 0.25) is 0 Å². The normalized spacial score (nSPS) is 10.4. The maximum absolute atomic E-state index is 12.8. The van der Waals surface area contributed by atoms with Crippen LogP contribution in [-0.4, -0.2) is 32.1 Å². The Bertz CT molecular complexity index is 854. The Morgan fingerprint density at radius 1 is 1.07 bits per heavy atom. The van der Waals surface area contributed by atoms with Crippen LogP contribution in [-0.2, 0) is 16.1 Å². The van der Waals surface area contributed by atoms with Gasteiger partial charge in [0.05, 0.1) is 18.7 Å². The number of hydrogen-bond donors (Lipinski definition) is 1. The van der Waals surface area contributed by atoms with Gasteiger partial charge >= 0.3 is 5.97 Å². The minimum absolute atomic E-state index is 0.0323. The average molecular weight is 412 g/mol. The van der Waals surface area contributed by atoms with Crippen molar-refractivity contribution >= 4 is 35.0 Å². The molecule has 0 unspecified atom stereocenters. The lowest BCUT2D eigenvalue weighted by Gasteiger charge is -2.12. The van der Waals surface area contributed by atoms with Crippen LogP contribution < -0.4 is 15.2 Å². The molecule has 6 nitrogen and oxygen atoms in total. The molecule has 0 bridgehead atoms. The summed E-state index contributed by atoms with van der Waals surface area (Å²) in [6.45, 7) is 1.92. The predicted octanol–water partition coefficient (Wildman–Crippen LogP) is 3.63. The maximum atomic E-state index is 12.8. The number of benzene rings is 2. The zero-order valence-electron chi connectivity index (χ0n) is 14.9. The number of rotatable bonds is 8. The van der Waals surface area contributed by atoms with Crippen LogP contribution in [0.25, 0.3) is 0 Å². The third kappa shape index (κ3) is 4.91. The van der Waals surface area contributed by atoms with Crippen molar-refractivity contribution in [3.8, 4) is 11.5 Å². The second-order valence-corrected chi connectivity index (χ2v) is 6.15. The Labute approximate surface area is 167 Å². The zero-order valence-corrected chi connectivity index (χ0v) is 16.4. The van der Waals surface area contributed by atoms with E-state index in [0.717, 1.165) is 5.56 Å². The van der Waals surface area contributed by atoms with Gasteiger partial charge in [0, 0.05) is 23.2 Å². The van der Waals surface area contributed by atoms with E-state index in [1.54, 1.807) is 25.1 Å². The molecule has 144 valence electrons. The molecule has 0 aliphatic heterocycles. The molecule has 8 heteroatoms. The van der Waals surface area contributed by atoms with Gasteiger partial charge in [0.25, 0.3) is 0 Å². The van der Waals surface area contributed by atoms with E-state index < -0.39 is 5.97 Å². The van der Waals surface area contributed by atoms with E-state index in [2.05, 4.69) is 0 Å². The Morgan fingerprint density at radius 2 is 1.81 bits per heavy atom. The SMILES string of the molecule is CCOC(=O)COc1ccc(C(=O)c2ccc(CN)c(OC)c2)c(Cl)c1Cl. The summed E-state index contributed by atoms with van der Waals surface area (Å²) >= 11 is 12.4. The van der Waals surface area contributed by atoms with Crippen molar-refractivity contribution in [2.45, 2.75) is 13.5 Å². The summed E-state index contributed by atoms with van der Waals surface area (Å²) in [5.74, 6) is -0.167. The number of methoxy groups -OCH3 is 1. The zero-order chi connectivity index (χ0) is 20.0. The van der Waals surface area contributed by atoms with Crippen LogP contribution in [0.15, 0.2) is 30.3 Å². The summed E-state index contributed by atoms with van der Waals surface area (Å²) in [6, 6.07) is 7.92. The number of ketones is 1. The Balaban J connectivity index is 2.27. The molecule has 0 atom stereocenters. The molecular formula is C19H19Cl2NO5. The molecule has 0 spiro atoms. The lowest BCUT2D eigenvalue weighted by atomic mass is 10.0. The Kier molecular flexibility index (Phi) is 7.47. The third-order valence-electron chi connectivity index (χ3n) is 3.71. The summed E-state index contributed by atoms with van der Waals surface area (Å²) in [5, 5.41) is 0.0715. The number of carbonyl (C=O) groups is 2. The van der Waals surface area contributed by atoms with Gasteiger partial charge < -0.3 is 19.9 Å². The van der Waals surface area contributed by atoms with Crippen LogP contribution >= 0.6 is 23.2 Å². The minimum Gasteiger partial charge on any atom is -0.496 e. The van der Waals surface area contributed by atoms with E-state index in [9.17, 15) is 9.59 Å². The first-order valence-electron chi connectivity index (χ1n) is 8.11. The van der Waals surface area contributed by atoms with E-state index in [1.807, 2.05) is 0 Å². The van der Waals surface area contributed by atoms with Crippen molar-refractivity contribution < 1.29 is 23.8 Å². The van der Waals surface area contributed by atoms with Crippen LogP contribution in [0.4, 0.5) is 0 Å². The highest BCUT2D eigenvalue weighted by atomic mass is 35.5. The maximum Gasteiger partial charge on any atom is 0.344 e. The van der Waals surface area contributed by atoms with Crippen LogP contribution in [0.5, 0.6) is 11.5 Å². The number of ether oxygens (including phenoxy) is 3. The molecule has 0 aliphatic rings. The van der Waals surface area contributed by atoms with Gasteiger partial charge in [-0.05, 0) is 25.1 Å². The first kappa shape index (κ1) is 21.0. The van der Waals surface area contributed by atoms with Crippen molar-refractivity contribution in [1.82, 2.24) is 0 Å². The van der Waals surface area contributed by atoms with E-state index >= 15 is 0 Å². The molecule has 0 amide bonds. The number of carbonyl (C=O) groups excluding carboxylic acids is 2. The Hall–Kier alpha value is -2.28. The monoisotopic (exact) mass is 411 g/mol. The van der Waals surface area contributed by atoms with Crippen molar-refractivity contribution in [2.75, 3.05) is 20.3 Å². The van der Waals surface area contributed by atoms with Crippen LogP contribution in [0.3, 0.4) is 0 Å². The molecule has 0 heterocycles. The molecule has 0 aromatic heterocycles. The number of halogens is 2. The Morgan fingerprint density at radius 3 is 2.44 bits per heavy atom. The molecule has 0 radical (unpaired) electrons. The largest absolute Gasteiger partial charge is 0.496 e. The van der Waals surface area contributed by atoms with Gasteiger partial charge in [-0.2, -0.15) is 0 Å². The van der Waals surface area contributed by atoms with Crippen LogP contribution in [0.2, 0.25) is 10.0 Å². The van der Waals surface area contributed by atoms with E-state index in [-0.39, 0.29) is 46.9 Å². The fourth-order valence-electron chi connectivity index (χ4n) is 2.37. The standard InChI is InChI=1S/C19H19Cl2NO5/c1-3-26-16(23)10-27-14-7-6-13(17(20)18(14)21)19(24)11-4-5-12(9-22)15(8-11)25-2/h4-8H,3,9-10,22H2,1-2H3. The molecule has 2 aromatic carbocycles. The minimum atomic E-state index is -0.531. The molecule has 2 rings (SSSR count). The molecule has 27 heavy (non-hydrogen) atoms. The summed E-state index contributed by atoms with van der Waals surface area (Å²) < 4.78 is 15.3. The highest BCUT2D eigenvalue weighted by Crippen LogP contribution is 2.36. The molecule has 0 saturated heterocycles. The van der Waals surface area contributed by atoms with E-state index in [4.69, 9.17) is 43.1 Å². The van der Waals surface area contributed by atoms with Crippen molar-refractivity contribution in [1.29, 1.82) is 0 Å². The number of nitrogens with two attached hydrogens (primary N) is 1. The number of esters is 1. The molecular weight excluding hydrogens is 393 g/mol. The van der Waals surface area contributed by atoms with Gasteiger partial charge in [-0.15, -0.1) is 0 Å². The smallest absolute Gasteiger partial charge is 0.344 e. The van der Waals surface area contributed by atoms with E-state index in [1.165, 1.54) is 19.2 Å². The number of hydrogen-bond acceptors (Lipinski definition) is 6. The third-order valence-corrected chi connectivity index (χ3v) is 4.58. The fourth-order valence-corrected chi connectivity index (χ4v) is 2.83. The summed E-state index contributed by atoms with van der Waals surface area (Å²) in [7, 11) is 1.50. The second-order valence-electron chi connectivity index (χ2n) is 5.39. The first-order chi connectivity index (χ1) is 12.9. The van der Waals surface area contributed by atoms with Crippen LogP contribution in [0.1, 0.15) is 28.4 Å². The highest BCUT2D eigenvalue weighted by molar-refractivity contribution is 6.45. The van der Waals surface area contributed by atoms with Crippen molar-refractivity contribution in [3.63, 3.8) is 0 Å². The fraction of sp³-hybridized carbons (Fsp3) is 0.263. The van der Waals surface area contributed by atoms with Gasteiger partial charge in [0.1, 0.15) is 16.5 Å². The van der Waals surface area contributed by atoms with Gasteiger partial charge in [-0.25, -0.2) is 4.79 Å². The first-order valence-corrected chi connectivity index (χ1v) is 8.86. The summed E-state index contributed by atoms with van der Waals surface area (Å²) in [4.78, 5) is 24.2. The van der Waals surface area contributed by atoms with Crippen molar-refractivity contribution in [2.24, 2.45) is 5.73 Å². The van der Waals surface area contributed by atoms with Crippen LogP contribution in [0, 0.1) is 0 Å². The van der Waals surface area contributed by atoms with Gasteiger partial charge in [-0.1, -0.05) is 35.3 Å². The lowest BCUT2D eigenvalue weighted by Crippen LogP contribution is -2.15. The molecule has 2 N–H and O–H groups in total. The molecule has 0 fully saturated rings. The average Bonchev–Trinajstić information content (AvgIpc) is 2.68. The second kappa shape index (κ2) is 9.60. The topological polar surface area (TPSA) is 87.9 Å². The van der Waals surface area contributed by atoms with E-state index in [0.29, 0.717) is 11.3 Å². The highest BCUT2D eigenvalue weighted by Gasteiger charge is 2.19. The predicted molar refractivity (Wildman–Crippen MR) is 103 cm³/mol. The summed E-state index contributed by atoms with van der Waals surface area (Å²) in [5.41, 5.74) is 7.00.